The van der Waals surface area contributed by atoms with Crippen LogP contribution in [0.5, 0.6) is 17.4 Å². The molecule has 1 aromatic heterocycles. The molecule has 0 aliphatic carbocycles. The Labute approximate surface area is 123 Å². The molecule has 0 amide bonds. The zero-order valence-electron chi connectivity index (χ0n) is 11.2. The van der Waals surface area contributed by atoms with Crippen LogP contribution in [0.25, 0.3) is 0 Å². The Balaban J connectivity index is 2.12. The molecule has 0 spiro atoms. The summed E-state index contributed by atoms with van der Waals surface area (Å²) in [6.45, 7) is 2.77. The number of rotatable bonds is 6. The van der Waals surface area contributed by atoms with Crippen LogP contribution in [0, 0.1) is 0 Å². The Hall–Kier alpha value is -2.14. The molecule has 0 saturated carbocycles. The first-order valence-electron chi connectivity index (χ1n) is 6.36. The number of thiocarbonyl (C=S) groups is 1. The molecule has 20 heavy (non-hydrogen) atoms. The van der Waals surface area contributed by atoms with Gasteiger partial charge in [-0.15, -0.1) is 0 Å². The first-order valence-corrected chi connectivity index (χ1v) is 6.77. The van der Waals surface area contributed by atoms with Crippen LogP contribution in [-0.2, 0) is 0 Å². The van der Waals surface area contributed by atoms with Crippen molar-refractivity contribution < 1.29 is 9.47 Å². The quantitative estimate of drug-likeness (QED) is 0.826. The molecule has 0 aliphatic rings. The second-order valence-corrected chi connectivity index (χ2v) is 4.58. The van der Waals surface area contributed by atoms with Crippen LogP contribution in [0.4, 0.5) is 0 Å². The van der Waals surface area contributed by atoms with Crippen LogP contribution < -0.4 is 15.2 Å². The number of nitrogens with zero attached hydrogens (tertiary/aromatic N) is 1. The molecule has 0 bridgehead atoms. The first-order chi connectivity index (χ1) is 9.70. The van der Waals surface area contributed by atoms with E-state index in [9.17, 15) is 0 Å². The van der Waals surface area contributed by atoms with Gasteiger partial charge in [0.25, 0.3) is 0 Å². The molecule has 1 aromatic carbocycles. The van der Waals surface area contributed by atoms with Crippen molar-refractivity contribution in [1.82, 2.24) is 4.98 Å². The predicted octanol–water partition coefficient (Wildman–Crippen LogP) is 3.30. The summed E-state index contributed by atoms with van der Waals surface area (Å²) in [6, 6.07) is 10.9. The van der Waals surface area contributed by atoms with Crippen molar-refractivity contribution >= 4 is 17.2 Å². The summed E-state index contributed by atoms with van der Waals surface area (Å²) in [5, 5.41) is 0. The fourth-order valence-electron chi connectivity index (χ4n) is 1.60. The highest BCUT2D eigenvalue weighted by Gasteiger charge is 2.08. The highest BCUT2D eigenvalue weighted by Crippen LogP contribution is 2.25. The minimum Gasteiger partial charge on any atom is -0.494 e. The van der Waals surface area contributed by atoms with Crippen LogP contribution in [0.2, 0.25) is 0 Å². The van der Waals surface area contributed by atoms with Gasteiger partial charge in [0.2, 0.25) is 5.88 Å². The van der Waals surface area contributed by atoms with Crippen molar-refractivity contribution in [3.05, 3.63) is 48.2 Å². The van der Waals surface area contributed by atoms with Crippen LogP contribution in [0.15, 0.2) is 42.6 Å². The van der Waals surface area contributed by atoms with Gasteiger partial charge < -0.3 is 15.2 Å². The van der Waals surface area contributed by atoms with Gasteiger partial charge in [-0.05, 0) is 42.8 Å². The van der Waals surface area contributed by atoms with E-state index in [1.807, 2.05) is 24.3 Å². The lowest BCUT2D eigenvalue weighted by Gasteiger charge is -2.09. The molecule has 0 unspecified atom stereocenters. The molecule has 5 heteroatoms. The van der Waals surface area contributed by atoms with Gasteiger partial charge in [0, 0.05) is 6.20 Å². The van der Waals surface area contributed by atoms with Gasteiger partial charge in [0.15, 0.2) is 0 Å². The lowest BCUT2D eigenvalue weighted by atomic mass is 10.2. The molecule has 2 aromatic rings. The molecular formula is C15H16N2O2S. The Morgan fingerprint density at radius 1 is 1.20 bits per heavy atom. The third kappa shape index (κ3) is 3.68. The predicted molar refractivity (Wildman–Crippen MR) is 82.4 cm³/mol. The van der Waals surface area contributed by atoms with Crippen molar-refractivity contribution in [3.63, 3.8) is 0 Å². The van der Waals surface area contributed by atoms with E-state index in [-0.39, 0.29) is 4.99 Å². The highest BCUT2D eigenvalue weighted by atomic mass is 32.1. The van der Waals surface area contributed by atoms with Gasteiger partial charge in [-0.3, -0.25) is 0 Å². The average molecular weight is 288 g/mol. The second kappa shape index (κ2) is 6.86. The largest absolute Gasteiger partial charge is 0.494 e. The summed E-state index contributed by atoms with van der Waals surface area (Å²) in [4.78, 5) is 4.41. The Morgan fingerprint density at radius 3 is 2.55 bits per heavy atom. The van der Waals surface area contributed by atoms with Gasteiger partial charge in [0.05, 0.1) is 12.2 Å². The van der Waals surface area contributed by atoms with Gasteiger partial charge in [-0.2, -0.15) is 0 Å². The smallest absolute Gasteiger partial charge is 0.229 e. The van der Waals surface area contributed by atoms with E-state index in [4.69, 9.17) is 27.4 Å². The molecule has 0 saturated heterocycles. The van der Waals surface area contributed by atoms with Crippen LogP contribution in [-0.4, -0.2) is 16.6 Å². The number of pyridine rings is 1. The van der Waals surface area contributed by atoms with Crippen molar-refractivity contribution in [1.29, 1.82) is 0 Å². The minimum atomic E-state index is 0.260. The summed E-state index contributed by atoms with van der Waals surface area (Å²) in [6.07, 6.45) is 2.61. The van der Waals surface area contributed by atoms with Crippen molar-refractivity contribution in [2.75, 3.05) is 6.61 Å². The van der Waals surface area contributed by atoms with E-state index in [1.54, 1.807) is 18.3 Å². The molecule has 104 valence electrons. The van der Waals surface area contributed by atoms with E-state index in [0.29, 0.717) is 23.8 Å². The highest BCUT2D eigenvalue weighted by molar-refractivity contribution is 7.80. The third-order valence-electron chi connectivity index (χ3n) is 2.55. The molecule has 0 radical (unpaired) electrons. The molecule has 0 aliphatic heterocycles. The molecule has 4 nitrogen and oxygen atoms in total. The monoisotopic (exact) mass is 288 g/mol. The summed E-state index contributed by atoms with van der Waals surface area (Å²) in [5.74, 6) is 1.88. The van der Waals surface area contributed by atoms with Crippen molar-refractivity contribution in [2.45, 2.75) is 13.3 Å². The number of benzene rings is 1. The Kier molecular flexibility index (Phi) is 4.90. The Bertz CT molecular complexity index is 585. The van der Waals surface area contributed by atoms with Crippen molar-refractivity contribution in [3.8, 4) is 17.4 Å². The maximum absolute atomic E-state index is 5.70. The lowest BCUT2D eigenvalue weighted by Crippen LogP contribution is -2.11. The molecule has 0 fully saturated rings. The number of hydrogen-bond donors (Lipinski definition) is 1. The summed E-state index contributed by atoms with van der Waals surface area (Å²) >= 11 is 4.97. The number of hydrogen-bond acceptors (Lipinski definition) is 4. The van der Waals surface area contributed by atoms with Crippen LogP contribution in [0.3, 0.4) is 0 Å². The molecular weight excluding hydrogens is 272 g/mol. The fraction of sp³-hybridized carbons (Fsp3) is 0.200. The molecule has 0 atom stereocenters. The molecule has 2 N–H and O–H groups in total. The average Bonchev–Trinajstić information content (AvgIpc) is 2.47. The SMILES string of the molecule is CCCOc1ccc(Oc2ncccc2C(N)=S)cc1. The van der Waals surface area contributed by atoms with Gasteiger partial charge in [-0.1, -0.05) is 19.1 Å². The zero-order chi connectivity index (χ0) is 14.4. The molecule has 1 heterocycles. The van der Waals surface area contributed by atoms with Crippen molar-refractivity contribution in [2.24, 2.45) is 5.73 Å². The van der Waals surface area contributed by atoms with Gasteiger partial charge in [0.1, 0.15) is 16.5 Å². The summed E-state index contributed by atoms with van der Waals surface area (Å²) in [7, 11) is 0. The number of nitrogens with two attached hydrogens (primary N) is 1. The molecule has 2 rings (SSSR count). The van der Waals surface area contributed by atoms with E-state index < -0.39 is 0 Å². The van der Waals surface area contributed by atoms with E-state index in [2.05, 4.69) is 11.9 Å². The van der Waals surface area contributed by atoms with E-state index >= 15 is 0 Å². The fourth-order valence-corrected chi connectivity index (χ4v) is 1.75. The lowest BCUT2D eigenvalue weighted by molar-refractivity contribution is 0.317. The topological polar surface area (TPSA) is 57.4 Å². The summed E-state index contributed by atoms with van der Waals surface area (Å²) in [5.41, 5.74) is 6.26. The first kappa shape index (κ1) is 14.3. The standard InChI is InChI=1S/C15H16N2O2S/c1-2-10-18-11-5-7-12(8-6-11)19-15-13(14(16)20)4-3-9-17-15/h3-9H,2,10H2,1H3,(H2,16,20). The van der Waals surface area contributed by atoms with Crippen LogP contribution >= 0.6 is 12.2 Å². The third-order valence-corrected chi connectivity index (χ3v) is 2.77. The normalized spacial score (nSPS) is 10.1. The zero-order valence-corrected chi connectivity index (χ0v) is 12.0. The minimum absolute atomic E-state index is 0.260. The second-order valence-electron chi connectivity index (χ2n) is 4.14. The van der Waals surface area contributed by atoms with Crippen LogP contribution in [0.1, 0.15) is 18.9 Å². The summed E-state index contributed by atoms with van der Waals surface area (Å²) < 4.78 is 11.2. The number of ether oxygens (including phenoxy) is 2. The van der Waals surface area contributed by atoms with E-state index in [0.717, 1.165) is 12.2 Å². The van der Waals surface area contributed by atoms with Gasteiger partial charge >= 0.3 is 0 Å². The Morgan fingerprint density at radius 2 is 1.90 bits per heavy atom. The maximum Gasteiger partial charge on any atom is 0.229 e. The maximum atomic E-state index is 5.70. The van der Waals surface area contributed by atoms with E-state index in [1.165, 1.54) is 0 Å². The number of aromatic nitrogens is 1. The van der Waals surface area contributed by atoms with Gasteiger partial charge in [-0.25, -0.2) is 4.98 Å².